The highest BCUT2D eigenvalue weighted by molar-refractivity contribution is 6.11. The van der Waals surface area contributed by atoms with Crippen LogP contribution in [0.4, 0.5) is 0 Å². The van der Waals surface area contributed by atoms with E-state index in [0.29, 0.717) is 22.8 Å². The highest BCUT2D eigenvalue weighted by Gasteiger charge is 2.11. The van der Waals surface area contributed by atoms with Crippen molar-refractivity contribution in [1.29, 1.82) is 5.26 Å². The molecule has 0 radical (unpaired) electrons. The Morgan fingerprint density at radius 1 is 1.43 bits per heavy atom. The number of allylic oxidation sites excluding steroid dienone is 4. The fourth-order valence-corrected chi connectivity index (χ4v) is 1.93. The number of ketones is 1. The molecule has 0 amide bonds. The minimum absolute atomic E-state index is 0.148. The van der Waals surface area contributed by atoms with Crippen molar-refractivity contribution in [3.63, 3.8) is 0 Å². The van der Waals surface area contributed by atoms with Crippen molar-refractivity contribution in [2.75, 3.05) is 7.11 Å². The van der Waals surface area contributed by atoms with Gasteiger partial charge in [-0.3, -0.25) is 9.78 Å². The quantitative estimate of drug-likeness (QED) is 0.214. The van der Waals surface area contributed by atoms with Crippen LogP contribution in [0, 0.1) is 17.2 Å². The maximum absolute atomic E-state index is 11.6. The van der Waals surface area contributed by atoms with Crippen molar-refractivity contribution >= 4 is 16.9 Å². The lowest BCUT2D eigenvalue weighted by atomic mass is 10.1. The molecule has 1 unspecified atom stereocenters. The van der Waals surface area contributed by atoms with Crippen LogP contribution in [0.5, 0.6) is 0 Å². The molecular formula is C23H30N2O5. The number of benzene rings is 1. The summed E-state index contributed by atoms with van der Waals surface area (Å²) in [6.45, 7) is 13.3. The standard InChI is InChI=1S/C11H6N2O3.C10H18O2.C2H6/c1-6(5-12)10(14)7-2-3-9-8(4-7)13-11(15)16-9;1-5-8(2)6-7-10(11)9(3)12-4;1-2/h2-4H,1H2,(H,13,15);6-8,11H,5H2,1-4H3;1-2H3/b;7-6-,10-9-;. The Bertz CT molecular complexity index is 1000. The summed E-state index contributed by atoms with van der Waals surface area (Å²) in [7, 11) is 1.54. The molecule has 0 aliphatic heterocycles. The lowest BCUT2D eigenvalue weighted by Crippen LogP contribution is -2.00. The summed E-state index contributed by atoms with van der Waals surface area (Å²) >= 11 is 0. The number of nitrogens with one attached hydrogen (secondary N) is 1. The third-order valence-corrected chi connectivity index (χ3v) is 3.98. The van der Waals surface area contributed by atoms with Crippen molar-refractivity contribution in [2.24, 2.45) is 5.92 Å². The van der Waals surface area contributed by atoms with Gasteiger partial charge in [-0.15, -0.1) is 0 Å². The van der Waals surface area contributed by atoms with Gasteiger partial charge in [-0.25, -0.2) is 4.79 Å². The number of hydrogen-bond donors (Lipinski definition) is 2. The van der Waals surface area contributed by atoms with Crippen LogP contribution in [-0.2, 0) is 4.74 Å². The molecule has 0 saturated carbocycles. The van der Waals surface area contributed by atoms with Gasteiger partial charge in [-0.1, -0.05) is 46.8 Å². The number of aliphatic hydroxyl groups excluding tert-OH is 1. The molecule has 1 heterocycles. The molecule has 2 aromatic rings. The van der Waals surface area contributed by atoms with Crippen LogP contribution in [0.25, 0.3) is 11.1 Å². The Morgan fingerprint density at radius 3 is 2.60 bits per heavy atom. The van der Waals surface area contributed by atoms with Crippen LogP contribution in [0.3, 0.4) is 0 Å². The Hall–Kier alpha value is -3.53. The number of oxazole rings is 1. The molecule has 2 rings (SSSR count). The normalized spacial score (nSPS) is 11.9. The summed E-state index contributed by atoms with van der Waals surface area (Å²) in [5.41, 5.74) is 0.923. The van der Waals surface area contributed by atoms with Gasteiger partial charge in [0.1, 0.15) is 11.8 Å². The average molecular weight is 415 g/mol. The molecule has 7 nitrogen and oxygen atoms in total. The zero-order valence-corrected chi connectivity index (χ0v) is 18.4. The molecule has 0 aliphatic rings. The largest absolute Gasteiger partial charge is 0.505 e. The zero-order valence-electron chi connectivity index (χ0n) is 18.4. The van der Waals surface area contributed by atoms with Gasteiger partial charge < -0.3 is 14.3 Å². The van der Waals surface area contributed by atoms with Crippen molar-refractivity contribution in [3.05, 3.63) is 70.1 Å². The van der Waals surface area contributed by atoms with Crippen molar-refractivity contribution in [3.8, 4) is 6.07 Å². The first-order valence-corrected chi connectivity index (χ1v) is 9.62. The summed E-state index contributed by atoms with van der Waals surface area (Å²) in [4.78, 5) is 24.9. The van der Waals surface area contributed by atoms with E-state index in [-0.39, 0.29) is 16.9 Å². The molecule has 0 saturated heterocycles. The minimum Gasteiger partial charge on any atom is -0.505 e. The van der Waals surface area contributed by atoms with Gasteiger partial charge in [0.05, 0.1) is 18.2 Å². The molecular weight excluding hydrogens is 384 g/mol. The van der Waals surface area contributed by atoms with Crippen LogP contribution in [0.15, 0.2) is 63.2 Å². The van der Waals surface area contributed by atoms with E-state index in [1.165, 1.54) is 18.2 Å². The number of rotatable bonds is 6. The first-order chi connectivity index (χ1) is 14.2. The SMILES string of the molecule is C=C(C#N)C(=O)c1ccc2oc(=O)[nH]c2c1.CC.CCC(C)/C=C\C(O)=C(/C)OC. The predicted molar refractivity (Wildman–Crippen MR) is 118 cm³/mol. The summed E-state index contributed by atoms with van der Waals surface area (Å²) in [6, 6.07) is 6.09. The Balaban J connectivity index is 0.000000540. The average Bonchev–Trinajstić information content (AvgIpc) is 3.16. The number of nitriles is 1. The third kappa shape index (κ3) is 8.23. The van der Waals surface area contributed by atoms with Gasteiger partial charge in [0.15, 0.2) is 11.3 Å². The fourth-order valence-electron chi connectivity index (χ4n) is 1.93. The molecule has 0 bridgehead atoms. The number of nitrogens with zero attached hydrogens (tertiary/aromatic N) is 1. The van der Waals surface area contributed by atoms with Crippen molar-refractivity contribution in [2.45, 2.75) is 41.0 Å². The van der Waals surface area contributed by atoms with E-state index in [1.807, 2.05) is 19.9 Å². The number of Topliss-reactive ketones (excluding diaryl/α,β-unsaturated/α-hetero) is 1. The van der Waals surface area contributed by atoms with Crippen molar-refractivity contribution < 1.29 is 19.1 Å². The fraction of sp³-hybridized carbons (Fsp3) is 0.348. The van der Waals surface area contributed by atoms with Gasteiger partial charge in [-0.05, 0) is 37.1 Å². The second-order valence-corrected chi connectivity index (χ2v) is 6.04. The maximum Gasteiger partial charge on any atom is 0.417 e. The number of ether oxygens (including phenoxy) is 1. The number of H-pyrrole nitrogens is 1. The molecule has 162 valence electrons. The number of carbonyl (C=O) groups is 1. The molecule has 0 aliphatic carbocycles. The number of methoxy groups -OCH3 is 1. The lowest BCUT2D eigenvalue weighted by Gasteiger charge is -2.02. The minimum atomic E-state index is -0.585. The zero-order chi connectivity index (χ0) is 23.3. The van der Waals surface area contributed by atoms with E-state index in [4.69, 9.17) is 14.4 Å². The third-order valence-electron chi connectivity index (χ3n) is 3.98. The predicted octanol–water partition coefficient (Wildman–Crippen LogP) is 5.43. The monoisotopic (exact) mass is 414 g/mol. The second kappa shape index (κ2) is 13.6. The van der Waals surface area contributed by atoms with Crippen LogP contribution < -0.4 is 5.76 Å². The Labute approximate surface area is 177 Å². The molecule has 2 N–H and O–H groups in total. The molecule has 1 aromatic heterocycles. The molecule has 0 spiro atoms. The number of hydrogen-bond acceptors (Lipinski definition) is 6. The van der Waals surface area contributed by atoms with E-state index in [0.717, 1.165) is 6.42 Å². The van der Waals surface area contributed by atoms with Crippen LogP contribution >= 0.6 is 0 Å². The summed E-state index contributed by atoms with van der Waals surface area (Å²) < 4.78 is 9.64. The molecule has 1 aromatic carbocycles. The van der Waals surface area contributed by atoms with Crippen LogP contribution in [-0.4, -0.2) is 23.0 Å². The number of fused-ring (bicyclic) bond motifs is 1. The van der Waals surface area contributed by atoms with E-state index in [9.17, 15) is 14.7 Å². The van der Waals surface area contributed by atoms with E-state index < -0.39 is 11.5 Å². The maximum atomic E-state index is 11.6. The summed E-state index contributed by atoms with van der Waals surface area (Å²) in [6.07, 6.45) is 4.74. The van der Waals surface area contributed by atoms with Crippen molar-refractivity contribution in [1.82, 2.24) is 4.98 Å². The summed E-state index contributed by atoms with van der Waals surface area (Å²) in [5.74, 6) is 0.203. The van der Waals surface area contributed by atoms with Gasteiger partial charge in [0.2, 0.25) is 5.78 Å². The van der Waals surface area contributed by atoms with E-state index in [1.54, 1.807) is 26.2 Å². The topological polar surface area (TPSA) is 116 Å². The molecule has 30 heavy (non-hydrogen) atoms. The number of aromatic amines is 1. The number of aromatic nitrogens is 1. The van der Waals surface area contributed by atoms with Gasteiger partial charge in [0.25, 0.3) is 0 Å². The smallest absolute Gasteiger partial charge is 0.417 e. The van der Waals surface area contributed by atoms with Crippen LogP contribution in [0.2, 0.25) is 0 Å². The van der Waals surface area contributed by atoms with Gasteiger partial charge >= 0.3 is 5.76 Å². The van der Waals surface area contributed by atoms with Gasteiger partial charge in [-0.2, -0.15) is 5.26 Å². The molecule has 1 atom stereocenters. The number of aliphatic hydroxyl groups is 1. The van der Waals surface area contributed by atoms with Crippen LogP contribution in [0.1, 0.15) is 51.4 Å². The Kier molecular flexibility index (Phi) is 12.0. The van der Waals surface area contributed by atoms with Gasteiger partial charge in [0, 0.05) is 5.56 Å². The lowest BCUT2D eigenvalue weighted by molar-refractivity contribution is 0.103. The second-order valence-electron chi connectivity index (χ2n) is 6.04. The number of carbonyl (C=O) groups excluding carboxylic acids is 1. The first-order valence-electron chi connectivity index (χ1n) is 9.62. The first kappa shape index (κ1) is 26.5. The molecule has 0 fully saturated rings. The van der Waals surface area contributed by atoms with E-state index in [2.05, 4.69) is 25.4 Å². The Morgan fingerprint density at radius 2 is 2.07 bits per heavy atom. The highest BCUT2D eigenvalue weighted by atomic mass is 16.5. The highest BCUT2D eigenvalue weighted by Crippen LogP contribution is 2.14. The van der Waals surface area contributed by atoms with E-state index >= 15 is 0 Å². The molecule has 7 heteroatoms. The summed E-state index contributed by atoms with van der Waals surface area (Å²) in [5, 5.41) is 17.9.